The van der Waals surface area contributed by atoms with Crippen LogP contribution in [0.15, 0.2) is 60.2 Å². The van der Waals surface area contributed by atoms with Gasteiger partial charge >= 0.3 is 0 Å². The predicted octanol–water partition coefficient (Wildman–Crippen LogP) is 4.52. The van der Waals surface area contributed by atoms with Crippen molar-refractivity contribution in [1.29, 1.82) is 0 Å². The molecule has 3 aromatic rings. The van der Waals surface area contributed by atoms with Gasteiger partial charge in [-0.3, -0.25) is 4.79 Å². The van der Waals surface area contributed by atoms with Crippen molar-refractivity contribution in [2.24, 2.45) is 0 Å². The second-order valence-electron chi connectivity index (χ2n) is 7.16. The maximum absolute atomic E-state index is 13.5. The number of Topliss-reactive ketones (excluding diaryl/α,β-unsaturated/α-hetero) is 1. The van der Waals surface area contributed by atoms with Crippen LogP contribution in [-0.4, -0.2) is 37.3 Å². The quantitative estimate of drug-likeness (QED) is 0.570. The number of phenolic OH excluding ortho intramolecular Hbond substituents is 2. The number of phenols is 2. The van der Waals surface area contributed by atoms with Crippen LogP contribution in [-0.2, 0) is 0 Å². The highest BCUT2D eigenvalue weighted by Crippen LogP contribution is 2.43. The first-order valence-electron chi connectivity index (χ1n) is 9.80. The van der Waals surface area contributed by atoms with Crippen LogP contribution in [0.3, 0.4) is 0 Å². The maximum atomic E-state index is 13.5. The lowest BCUT2D eigenvalue weighted by atomic mass is 9.89. The maximum Gasteiger partial charge on any atom is 0.203 e. The first kappa shape index (κ1) is 21.1. The molecule has 3 aromatic carbocycles. The first-order chi connectivity index (χ1) is 15.4. The Morgan fingerprint density at radius 2 is 1.47 bits per heavy atom. The molecule has 2 N–H and O–H groups in total. The molecular formula is C25H22O7. The molecule has 7 heteroatoms. The van der Waals surface area contributed by atoms with Crippen LogP contribution in [0.25, 0.3) is 6.08 Å². The SMILES string of the molecule is COc1cc(/C=C2\C(=O)c3cc(O)ccc3OC2c2ccc(O)cc2)cc(OC)c1OC. The predicted molar refractivity (Wildman–Crippen MR) is 118 cm³/mol. The second-order valence-corrected chi connectivity index (χ2v) is 7.16. The van der Waals surface area contributed by atoms with Crippen molar-refractivity contribution in [3.63, 3.8) is 0 Å². The van der Waals surface area contributed by atoms with Crippen LogP contribution < -0.4 is 18.9 Å². The van der Waals surface area contributed by atoms with E-state index >= 15 is 0 Å². The smallest absolute Gasteiger partial charge is 0.203 e. The summed E-state index contributed by atoms with van der Waals surface area (Å²) in [6.07, 6.45) is 0.969. The standard InChI is InChI=1S/C25H22O7/c1-29-21-11-14(12-22(30-2)25(21)31-3)10-19-23(28)18-13-17(27)8-9-20(18)32-24(19)15-4-6-16(26)7-5-15/h4-13,24,26-27H,1-3H3/b19-10+. The number of fused-ring (bicyclic) bond motifs is 1. The lowest BCUT2D eigenvalue weighted by Gasteiger charge is -2.28. The van der Waals surface area contributed by atoms with Gasteiger partial charge in [-0.05, 0) is 59.7 Å². The Hall–Kier alpha value is -4.13. The number of rotatable bonds is 5. The number of aromatic hydroxyl groups is 2. The summed E-state index contributed by atoms with van der Waals surface area (Å²) >= 11 is 0. The number of ether oxygens (including phenoxy) is 4. The summed E-state index contributed by atoms with van der Waals surface area (Å²) in [5.41, 5.74) is 1.94. The van der Waals surface area contributed by atoms with Gasteiger partial charge in [-0.2, -0.15) is 0 Å². The van der Waals surface area contributed by atoms with Crippen LogP contribution >= 0.6 is 0 Å². The second kappa shape index (κ2) is 8.55. The van der Waals surface area contributed by atoms with Gasteiger partial charge in [0.1, 0.15) is 17.2 Å². The van der Waals surface area contributed by atoms with Crippen molar-refractivity contribution in [2.45, 2.75) is 6.10 Å². The number of carbonyl (C=O) groups excluding carboxylic acids is 1. The summed E-state index contributed by atoms with van der Waals surface area (Å²) in [5, 5.41) is 19.6. The third-order valence-electron chi connectivity index (χ3n) is 5.20. The molecule has 32 heavy (non-hydrogen) atoms. The van der Waals surface area contributed by atoms with Crippen LogP contribution in [0, 0.1) is 0 Å². The van der Waals surface area contributed by atoms with E-state index in [1.165, 1.54) is 45.6 Å². The van der Waals surface area contributed by atoms with Gasteiger partial charge in [0.05, 0.1) is 26.9 Å². The molecule has 7 nitrogen and oxygen atoms in total. The lowest BCUT2D eigenvalue weighted by Crippen LogP contribution is -2.23. The minimum Gasteiger partial charge on any atom is -0.508 e. The third-order valence-corrected chi connectivity index (χ3v) is 5.20. The number of ketones is 1. The van der Waals surface area contributed by atoms with Crippen LogP contribution in [0.5, 0.6) is 34.5 Å². The van der Waals surface area contributed by atoms with Gasteiger partial charge in [-0.15, -0.1) is 0 Å². The fourth-order valence-electron chi connectivity index (χ4n) is 3.67. The van der Waals surface area contributed by atoms with Gasteiger partial charge in [0.2, 0.25) is 5.75 Å². The van der Waals surface area contributed by atoms with Crippen molar-refractivity contribution in [3.8, 4) is 34.5 Å². The average molecular weight is 434 g/mol. The number of hydrogen-bond acceptors (Lipinski definition) is 7. The van der Waals surface area contributed by atoms with Gasteiger partial charge in [0.25, 0.3) is 0 Å². The highest BCUT2D eigenvalue weighted by molar-refractivity contribution is 6.15. The molecule has 0 radical (unpaired) electrons. The Morgan fingerprint density at radius 1 is 0.844 bits per heavy atom. The summed E-state index contributed by atoms with van der Waals surface area (Å²) < 4.78 is 22.4. The third kappa shape index (κ3) is 3.80. The zero-order valence-electron chi connectivity index (χ0n) is 17.8. The van der Waals surface area contributed by atoms with E-state index in [-0.39, 0.29) is 22.8 Å². The largest absolute Gasteiger partial charge is 0.508 e. The molecule has 0 fully saturated rings. The fraction of sp³-hybridized carbons (Fsp3) is 0.160. The highest BCUT2D eigenvalue weighted by atomic mass is 16.5. The zero-order chi connectivity index (χ0) is 22.8. The topological polar surface area (TPSA) is 94.5 Å². The number of benzene rings is 3. The Labute approximate surface area is 185 Å². The number of carbonyl (C=O) groups is 1. The monoisotopic (exact) mass is 434 g/mol. The Bertz CT molecular complexity index is 1170. The minimum absolute atomic E-state index is 0.0316. The summed E-state index contributed by atoms with van der Waals surface area (Å²) in [4.78, 5) is 13.5. The van der Waals surface area contributed by atoms with Crippen molar-refractivity contribution in [3.05, 3.63) is 76.9 Å². The summed E-state index contributed by atoms with van der Waals surface area (Å²) in [5.74, 6) is 1.49. The first-order valence-corrected chi connectivity index (χ1v) is 9.80. The minimum atomic E-state index is -0.723. The molecule has 1 aliphatic heterocycles. The fourth-order valence-corrected chi connectivity index (χ4v) is 3.67. The van der Waals surface area contributed by atoms with E-state index in [9.17, 15) is 15.0 Å². The lowest BCUT2D eigenvalue weighted by molar-refractivity contribution is 0.0963. The van der Waals surface area contributed by atoms with E-state index in [4.69, 9.17) is 18.9 Å². The Kier molecular flexibility index (Phi) is 5.64. The van der Waals surface area contributed by atoms with Crippen molar-refractivity contribution in [1.82, 2.24) is 0 Å². The number of methoxy groups -OCH3 is 3. The molecule has 0 saturated heterocycles. The van der Waals surface area contributed by atoms with Gasteiger partial charge in [0, 0.05) is 5.57 Å². The van der Waals surface area contributed by atoms with E-state index in [0.29, 0.717) is 39.7 Å². The summed E-state index contributed by atoms with van der Waals surface area (Å²) in [6.45, 7) is 0. The summed E-state index contributed by atoms with van der Waals surface area (Å²) in [6, 6.07) is 14.3. The van der Waals surface area contributed by atoms with E-state index in [2.05, 4.69) is 0 Å². The molecule has 1 heterocycles. The van der Waals surface area contributed by atoms with Crippen LogP contribution in [0.1, 0.15) is 27.6 Å². The molecular weight excluding hydrogens is 412 g/mol. The molecule has 164 valence electrons. The summed E-state index contributed by atoms with van der Waals surface area (Å²) in [7, 11) is 4.55. The zero-order valence-corrected chi connectivity index (χ0v) is 17.8. The molecule has 4 rings (SSSR count). The highest BCUT2D eigenvalue weighted by Gasteiger charge is 2.33. The van der Waals surface area contributed by atoms with Gasteiger partial charge in [0.15, 0.2) is 23.4 Å². The molecule has 0 aromatic heterocycles. The van der Waals surface area contributed by atoms with Crippen molar-refractivity contribution >= 4 is 11.9 Å². The number of hydrogen-bond donors (Lipinski definition) is 2. The normalized spacial score (nSPS) is 16.3. The van der Waals surface area contributed by atoms with Gasteiger partial charge in [-0.25, -0.2) is 0 Å². The molecule has 1 unspecified atom stereocenters. The molecule has 0 aliphatic carbocycles. The van der Waals surface area contributed by atoms with Crippen LogP contribution in [0.2, 0.25) is 0 Å². The Morgan fingerprint density at radius 3 is 2.06 bits per heavy atom. The van der Waals surface area contributed by atoms with E-state index in [1.54, 1.807) is 36.4 Å². The molecule has 1 aliphatic rings. The van der Waals surface area contributed by atoms with Crippen LogP contribution in [0.4, 0.5) is 0 Å². The average Bonchev–Trinajstić information content (AvgIpc) is 2.81. The van der Waals surface area contributed by atoms with E-state index < -0.39 is 6.10 Å². The van der Waals surface area contributed by atoms with E-state index in [0.717, 1.165) is 0 Å². The molecule has 0 saturated carbocycles. The van der Waals surface area contributed by atoms with Crippen molar-refractivity contribution < 1.29 is 34.0 Å². The molecule has 1 atom stereocenters. The molecule has 0 amide bonds. The molecule has 0 bridgehead atoms. The molecule has 0 spiro atoms. The van der Waals surface area contributed by atoms with Gasteiger partial charge in [-0.1, -0.05) is 12.1 Å². The van der Waals surface area contributed by atoms with E-state index in [1.807, 2.05) is 0 Å². The van der Waals surface area contributed by atoms with Crippen molar-refractivity contribution in [2.75, 3.05) is 21.3 Å². The Balaban J connectivity index is 1.89. The van der Waals surface area contributed by atoms with Gasteiger partial charge < -0.3 is 29.2 Å².